The van der Waals surface area contributed by atoms with Gasteiger partial charge in [0.1, 0.15) is 0 Å². The molecule has 0 saturated carbocycles. The molecule has 2 unspecified atom stereocenters. The van der Waals surface area contributed by atoms with Crippen LogP contribution in [0.2, 0.25) is 5.02 Å². The van der Waals surface area contributed by atoms with Crippen LogP contribution in [0.4, 0.5) is 0 Å². The summed E-state index contributed by atoms with van der Waals surface area (Å²) in [6, 6.07) is 5.22. The monoisotopic (exact) mass is 285 g/mol. The van der Waals surface area contributed by atoms with E-state index in [1.807, 2.05) is 30.0 Å². The number of rotatable bonds is 4. The van der Waals surface area contributed by atoms with E-state index in [2.05, 4.69) is 0 Å². The van der Waals surface area contributed by atoms with Crippen LogP contribution in [0.1, 0.15) is 35.9 Å². The molecule has 2 rings (SSSR count). The number of aliphatic carboxylic acids is 1. The zero-order chi connectivity index (χ0) is 13.1. The highest BCUT2D eigenvalue weighted by Gasteiger charge is 2.21. The van der Waals surface area contributed by atoms with Crippen LogP contribution in [0, 0.1) is 0 Å². The standard InChI is InChI=1S/C13H16ClNO2S/c14-11-5-8(12(15)6-13(16)17)1-2-10(11)9-3-4-18-7-9/h1-2,5,9,12H,3-4,6-7,15H2,(H,16,17). The minimum atomic E-state index is -0.894. The van der Waals surface area contributed by atoms with Gasteiger partial charge in [-0.05, 0) is 35.3 Å². The van der Waals surface area contributed by atoms with Gasteiger partial charge >= 0.3 is 5.97 Å². The van der Waals surface area contributed by atoms with Crippen molar-refractivity contribution in [1.82, 2.24) is 0 Å². The molecule has 0 aromatic heterocycles. The highest BCUT2D eigenvalue weighted by molar-refractivity contribution is 7.99. The molecule has 3 nitrogen and oxygen atoms in total. The maximum Gasteiger partial charge on any atom is 0.305 e. The summed E-state index contributed by atoms with van der Waals surface area (Å²) in [4.78, 5) is 10.6. The third-order valence-corrected chi connectivity index (χ3v) is 4.71. The van der Waals surface area contributed by atoms with Gasteiger partial charge in [-0.1, -0.05) is 23.7 Å². The first-order valence-electron chi connectivity index (χ1n) is 5.92. The average Bonchev–Trinajstić information content (AvgIpc) is 2.81. The molecule has 98 valence electrons. The van der Waals surface area contributed by atoms with Gasteiger partial charge in [-0.15, -0.1) is 0 Å². The van der Waals surface area contributed by atoms with Crippen molar-refractivity contribution in [2.45, 2.75) is 24.8 Å². The number of halogens is 1. The molecule has 2 atom stereocenters. The van der Waals surface area contributed by atoms with Gasteiger partial charge in [0.15, 0.2) is 0 Å². The van der Waals surface area contributed by atoms with Crippen LogP contribution < -0.4 is 5.73 Å². The van der Waals surface area contributed by atoms with E-state index in [4.69, 9.17) is 22.4 Å². The molecule has 0 spiro atoms. The van der Waals surface area contributed by atoms with Crippen LogP contribution in [0.3, 0.4) is 0 Å². The lowest BCUT2D eigenvalue weighted by molar-refractivity contribution is -0.137. The molecular formula is C13H16ClNO2S. The van der Waals surface area contributed by atoms with Crippen molar-refractivity contribution in [3.8, 4) is 0 Å². The summed E-state index contributed by atoms with van der Waals surface area (Å²) in [5.41, 5.74) is 7.77. The average molecular weight is 286 g/mol. The molecule has 0 radical (unpaired) electrons. The summed E-state index contributed by atoms with van der Waals surface area (Å²) < 4.78 is 0. The number of nitrogens with two attached hydrogens (primary N) is 1. The molecular weight excluding hydrogens is 270 g/mol. The highest BCUT2D eigenvalue weighted by Crippen LogP contribution is 2.36. The van der Waals surface area contributed by atoms with Crippen molar-refractivity contribution >= 4 is 29.3 Å². The molecule has 1 aromatic rings. The normalized spacial score (nSPS) is 20.9. The molecule has 1 aliphatic heterocycles. The maximum absolute atomic E-state index is 10.6. The molecule has 0 bridgehead atoms. The number of hydrogen-bond acceptors (Lipinski definition) is 3. The predicted molar refractivity (Wildman–Crippen MR) is 75.3 cm³/mol. The molecule has 18 heavy (non-hydrogen) atoms. The Hall–Kier alpha value is -0.710. The molecule has 1 heterocycles. The molecule has 0 amide bonds. The Morgan fingerprint density at radius 3 is 2.94 bits per heavy atom. The van der Waals surface area contributed by atoms with Crippen LogP contribution in [0.5, 0.6) is 0 Å². The smallest absolute Gasteiger partial charge is 0.305 e. The van der Waals surface area contributed by atoms with Gasteiger partial charge < -0.3 is 10.8 Å². The zero-order valence-corrected chi connectivity index (χ0v) is 11.5. The Labute approximate surface area is 116 Å². The third kappa shape index (κ3) is 3.19. The minimum Gasteiger partial charge on any atom is -0.481 e. The SMILES string of the molecule is NC(CC(=O)O)c1ccc(C2CCSC2)c(Cl)c1. The van der Waals surface area contributed by atoms with Crippen LogP contribution in [0.25, 0.3) is 0 Å². The van der Waals surface area contributed by atoms with Crippen molar-refractivity contribution in [2.75, 3.05) is 11.5 Å². The Morgan fingerprint density at radius 1 is 1.61 bits per heavy atom. The van der Waals surface area contributed by atoms with Gasteiger partial charge in [-0.3, -0.25) is 4.79 Å². The number of carbonyl (C=O) groups is 1. The Balaban J connectivity index is 2.16. The summed E-state index contributed by atoms with van der Waals surface area (Å²) in [6.45, 7) is 0. The van der Waals surface area contributed by atoms with E-state index >= 15 is 0 Å². The lowest BCUT2D eigenvalue weighted by atomic mass is 9.95. The largest absolute Gasteiger partial charge is 0.481 e. The van der Waals surface area contributed by atoms with Crippen LogP contribution >= 0.6 is 23.4 Å². The number of thioether (sulfide) groups is 1. The molecule has 1 aliphatic rings. The first kappa shape index (κ1) is 13.7. The first-order chi connectivity index (χ1) is 8.58. The second-order valence-corrected chi connectivity index (χ2v) is 6.10. The van der Waals surface area contributed by atoms with Gasteiger partial charge in [0, 0.05) is 16.8 Å². The lowest BCUT2D eigenvalue weighted by Gasteiger charge is -2.15. The zero-order valence-electron chi connectivity index (χ0n) is 9.93. The fourth-order valence-electron chi connectivity index (χ4n) is 2.19. The Morgan fingerprint density at radius 2 is 2.39 bits per heavy atom. The lowest BCUT2D eigenvalue weighted by Crippen LogP contribution is -2.15. The van der Waals surface area contributed by atoms with E-state index < -0.39 is 12.0 Å². The maximum atomic E-state index is 10.6. The second-order valence-electron chi connectivity index (χ2n) is 4.55. The molecule has 3 N–H and O–H groups in total. The molecule has 0 aliphatic carbocycles. The Bertz CT molecular complexity index is 447. The van der Waals surface area contributed by atoms with Gasteiger partial charge in [-0.2, -0.15) is 11.8 Å². The van der Waals surface area contributed by atoms with Crippen molar-refractivity contribution in [3.05, 3.63) is 34.3 Å². The summed E-state index contributed by atoms with van der Waals surface area (Å²) in [7, 11) is 0. The van der Waals surface area contributed by atoms with Crippen LogP contribution in [-0.2, 0) is 4.79 Å². The third-order valence-electron chi connectivity index (χ3n) is 3.22. The second kappa shape index (κ2) is 5.95. The van der Waals surface area contributed by atoms with E-state index in [9.17, 15) is 4.79 Å². The molecule has 1 saturated heterocycles. The van der Waals surface area contributed by atoms with Crippen molar-refractivity contribution in [3.63, 3.8) is 0 Å². The fourth-order valence-corrected chi connectivity index (χ4v) is 3.78. The summed E-state index contributed by atoms with van der Waals surface area (Å²) in [6.07, 6.45) is 1.08. The summed E-state index contributed by atoms with van der Waals surface area (Å²) in [5.74, 6) is 1.92. The quantitative estimate of drug-likeness (QED) is 0.892. The minimum absolute atomic E-state index is 0.0744. The molecule has 1 aromatic carbocycles. The van der Waals surface area contributed by atoms with Crippen molar-refractivity contribution in [2.24, 2.45) is 5.73 Å². The van der Waals surface area contributed by atoms with Gasteiger partial charge in [0.2, 0.25) is 0 Å². The number of carboxylic acids is 1. The summed E-state index contributed by atoms with van der Waals surface area (Å²) in [5, 5.41) is 9.44. The van der Waals surface area contributed by atoms with Gasteiger partial charge in [-0.25, -0.2) is 0 Å². The number of benzene rings is 1. The van der Waals surface area contributed by atoms with E-state index in [1.54, 1.807) is 0 Å². The van der Waals surface area contributed by atoms with Crippen molar-refractivity contribution < 1.29 is 9.90 Å². The fraction of sp³-hybridized carbons (Fsp3) is 0.462. The number of carboxylic acid groups (broad SMARTS) is 1. The van der Waals surface area contributed by atoms with Crippen LogP contribution in [-0.4, -0.2) is 22.6 Å². The van der Waals surface area contributed by atoms with Crippen molar-refractivity contribution in [1.29, 1.82) is 0 Å². The summed E-state index contributed by atoms with van der Waals surface area (Å²) >= 11 is 8.22. The molecule has 5 heteroatoms. The van der Waals surface area contributed by atoms with E-state index in [-0.39, 0.29) is 6.42 Å². The number of hydrogen-bond donors (Lipinski definition) is 2. The van der Waals surface area contributed by atoms with Crippen LogP contribution in [0.15, 0.2) is 18.2 Å². The van der Waals surface area contributed by atoms with Gasteiger partial charge in [0.25, 0.3) is 0 Å². The Kier molecular flexibility index (Phi) is 4.54. The van der Waals surface area contributed by atoms with E-state index in [1.165, 1.54) is 5.75 Å². The predicted octanol–water partition coefficient (Wildman–Crippen LogP) is 3.04. The first-order valence-corrected chi connectivity index (χ1v) is 7.45. The van der Waals surface area contributed by atoms with Gasteiger partial charge in [0.05, 0.1) is 6.42 Å². The topological polar surface area (TPSA) is 63.3 Å². The van der Waals surface area contributed by atoms with E-state index in [0.29, 0.717) is 10.9 Å². The molecule has 1 fully saturated rings. The highest BCUT2D eigenvalue weighted by atomic mass is 35.5. The van der Waals surface area contributed by atoms with E-state index in [0.717, 1.165) is 23.3 Å².